The normalized spacial score (nSPS) is 27.8. The van der Waals surface area contributed by atoms with Crippen molar-refractivity contribution in [2.75, 3.05) is 18.0 Å². The van der Waals surface area contributed by atoms with E-state index in [9.17, 15) is 18.4 Å². The van der Waals surface area contributed by atoms with E-state index in [4.69, 9.17) is 10.5 Å². The summed E-state index contributed by atoms with van der Waals surface area (Å²) in [5.41, 5.74) is 6.34. The number of ether oxygens (including phenoxy) is 1. The molecule has 2 saturated carbocycles. The standard InChI is InChI=1S/C21H23F2N5O3S/c1-11-15(32-19(26-11)28-9-21(22,23)10-28)17(30)27-12-5-20(6-12)7-13(8-20)31-18-14(16(24)29)3-2-4-25-18/h2-4,12-13H,5-10H2,1H3,(H2,24,29)(H,27,30). The van der Waals surface area contributed by atoms with Crippen molar-refractivity contribution in [2.45, 2.75) is 50.7 Å². The van der Waals surface area contributed by atoms with Crippen molar-refractivity contribution < 1.29 is 23.1 Å². The number of primary amides is 1. The molecule has 3 aliphatic rings. The van der Waals surface area contributed by atoms with Gasteiger partial charge in [-0.3, -0.25) is 9.59 Å². The van der Waals surface area contributed by atoms with Crippen molar-refractivity contribution in [1.29, 1.82) is 0 Å². The first-order valence-corrected chi connectivity index (χ1v) is 11.3. The topological polar surface area (TPSA) is 110 Å². The number of thiazole rings is 1. The monoisotopic (exact) mass is 463 g/mol. The molecule has 1 aliphatic heterocycles. The molecule has 11 heteroatoms. The number of carbonyl (C=O) groups is 2. The van der Waals surface area contributed by atoms with Gasteiger partial charge in [0.05, 0.1) is 18.8 Å². The summed E-state index contributed by atoms with van der Waals surface area (Å²) in [6.45, 7) is 1.02. The average molecular weight is 464 g/mol. The number of hydrogen-bond acceptors (Lipinski definition) is 7. The maximum atomic E-state index is 13.1. The fraction of sp³-hybridized carbons (Fsp3) is 0.524. The summed E-state index contributed by atoms with van der Waals surface area (Å²) in [6, 6.07) is 3.30. The van der Waals surface area contributed by atoms with Crippen LogP contribution in [0, 0.1) is 12.3 Å². The zero-order valence-electron chi connectivity index (χ0n) is 17.4. The molecule has 2 aromatic rings. The van der Waals surface area contributed by atoms with Crippen LogP contribution in [0.5, 0.6) is 5.88 Å². The number of aryl methyl sites for hydroxylation is 1. The van der Waals surface area contributed by atoms with Gasteiger partial charge in [-0.25, -0.2) is 18.7 Å². The second kappa shape index (κ2) is 7.36. The first-order chi connectivity index (χ1) is 15.1. The maximum Gasteiger partial charge on any atom is 0.282 e. The number of anilines is 1. The fourth-order valence-corrected chi connectivity index (χ4v) is 5.84. The van der Waals surface area contributed by atoms with Gasteiger partial charge >= 0.3 is 0 Å². The van der Waals surface area contributed by atoms with Gasteiger partial charge in [0.2, 0.25) is 5.88 Å². The minimum Gasteiger partial charge on any atom is -0.474 e. The van der Waals surface area contributed by atoms with E-state index in [0.717, 1.165) is 37.0 Å². The van der Waals surface area contributed by atoms with Crippen molar-refractivity contribution in [3.05, 3.63) is 34.5 Å². The fourth-order valence-electron chi connectivity index (χ4n) is 4.87. The lowest BCUT2D eigenvalue weighted by atomic mass is 9.53. The van der Waals surface area contributed by atoms with Gasteiger partial charge in [-0.05, 0) is 50.2 Å². The van der Waals surface area contributed by atoms with E-state index >= 15 is 0 Å². The highest BCUT2D eigenvalue weighted by atomic mass is 32.1. The minimum absolute atomic E-state index is 0.0272. The molecule has 1 saturated heterocycles. The van der Waals surface area contributed by atoms with E-state index in [-0.39, 0.29) is 48.0 Å². The third kappa shape index (κ3) is 3.78. The molecule has 0 bridgehead atoms. The van der Waals surface area contributed by atoms with Crippen LogP contribution in [0.25, 0.3) is 0 Å². The zero-order chi connectivity index (χ0) is 22.7. The quantitative estimate of drug-likeness (QED) is 0.681. The van der Waals surface area contributed by atoms with Crippen molar-refractivity contribution in [2.24, 2.45) is 11.1 Å². The Morgan fingerprint density at radius 1 is 1.28 bits per heavy atom. The Morgan fingerprint density at radius 3 is 2.66 bits per heavy atom. The summed E-state index contributed by atoms with van der Waals surface area (Å²) in [7, 11) is 0. The van der Waals surface area contributed by atoms with Crippen molar-refractivity contribution in [1.82, 2.24) is 15.3 Å². The Bertz CT molecular complexity index is 1070. The first-order valence-electron chi connectivity index (χ1n) is 10.5. The molecule has 8 nitrogen and oxygen atoms in total. The first kappa shape index (κ1) is 21.0. The number of rotatable bonds is 6. The molecule has 0 atom stereocenters. The lowest BCUT2D eigenvalue weighted by molar-refractivity contribution is -0.0848. The molecule has 3 heterocycles. The summed E-state index contributed by atoms with van der Waals surface area (Å²) in [6.07, 6.45) is 4.91. The molecular weight excluding hydrogens is 440 g/mol. The number of halogens is 2. The maximum absolute atomic E-state index is 13.1. The lowest BCUT2D eigenvalue weighted by Crippen LogP contribution is -2.58. The molecular formula is C21H23F2N5O3S. The van der Waals surface area contributed by atoms with Gasteiger partial charge in [-0.1, -0.05) is 11.3 Å². The highest BCUT2D eigenvalue weighted by Gasteiger charge is 2.54. The molecule has 0 aromatic carbocycles. The molecule has 2 aromatic heterocycles. The van der Waals surface area contributed by atoms with Gasteiger partial charge in [0, 0.05) is 12.2 Å². The van der Waals surface area contributed by atoms with E-state index in [2.05, 4.69) is 15.3 Å². The van der Waals surface area contributed by atoms with E-state index in [1.54, 1.807) is 25.3 Å². The Balaban J connectivity index is 1.11. The largest absolute Gasteiger partial charge is 0.474 e. The van der Waals surface area contributed by atoms with Gasteiger partial charge in [0.1, 0.15) is 16.5 Å². The van der Waals surface area contributed by atoms with E-state index in [1.165, 1.54) is 4.90 Å². The SMILES string of the molecule is Cc1nc(N2CC(F)(F)C2)sc1C(=O)NC1CC2(C1)CC(Oc1ncccc1C(N)=O)C2. The summed E-state index contributed by atoms with van der Waals surface area (Å²) in [5.74, 6) is -3.19. The molecule has 2 aliphatic carbocycles. The van der Waals surface area contributed by atoms with Crippen LogP contribution in [0.2, 0.25) is 0 Å². The van der Waals surface area contributed by atoms with Crippen LogP contribution in [-0.4, -0.2) is 52.9 Å². The number of pyridine rings is 1. The molecule has 0 radical (unpaired) electrons. The van der Waals surface area contributed by atoms with Crippen LogP contribution >= 0.6 is 11.3 Å². The van der Waals surface area contributed by atoms with Crippen LogP contribution < -0.4 is 20.7 Å². The number of hydrogen-bond donors (Lipinski definition) is 2. The number of aromatic nitrogens is 2. The van der Waals surface area contributed by atoms with Crippen LogP contribution in [0.15, 0.2) is 18.3 Å². The third-order valence-electron chi connectivity index (χ3n) is 6.44. The second-order valence-corrected chi connectivity index (χ2v) is 10.0. The molecule has 32 heavy (non-hydrogen) atoms. The molecule has 1 spiro atoms. The van der Waals surface area contributed by atoms with Gasteiger partial charge in [-0.15, -0.1) is 0 Å². The van der Waals surface area contributed by atoms with Crippen LogP contribution in [-0.2, 0) is 0 Å². The number of amides is 2. The molecule has 3 N–H and O–H groups in total. The van der Waals surface area contributed by atoms with Crippen molar-refractivity contribution >= 4 is 28.3 Å². The molecule has 170 valence electrons. The van der Waals surface area contributed by atoms with Gasteiger partial charge in [0.15, 0.2) is 5.13 Å². The Kier molecular flexibility index (Phi) is 4.84. The second-order valence-electron chi connectivity index (χ2n) is 9.07. The van der Waals surface area contributed by atoms with Gasteiger partial charge in [-0.2, -0.15) is 0 Å². The number of nitrogens with zero attached hydrogens (tertiary/aromatic N) is 3. The highest BCUT2D eigenvalue weighted by molar-refractivity contribution is 7.17. The van der Waals surface area contributed by atoms with Crippen molar-refractivity contribution in [3.8, 4) is 5.88 Å². The number of alkyl halides is 2. The Hall–Kier alpha value is -2.82. The molecule has 3 fully saturated rings. The van der Waals surface area contributed by atoms with E-state index < -0.39 is 11.8 Å². The number of nitrogens with two attached hydrogens (primary N) is 1. The predicted molar refractivity (Wildman–Crippen MR) is 113 cm³/mol. The predicted octanol–water partition coefficient (Wildman–Crippen LogP) is 2.52. The summed E-state index contributed by atoms with van der Waals surface area (Å²) < 4.78 is 32.1. The average Bonchev–Trinajstić information content (AvgIpc) is 3.04. The third-order valence-corrected chi connectivity index (χ3v) is 7.65. The molecule has 5 rings (SSSR count). The van der Waals surface area contributed by atoms with E-state index in [1.807, 2.05) is 0 Å². The molecule has 2 amide bonds. The van der Waals surface area contributed by atoms with Gasteiger partial charge in [0.25, 0.3) is 17.7 Å². The van der Waals surface area contributed by atoms with E-state index in [0.29, 0.717) is 15.7 Å². The number of nitrogens with one attached hydrogen (secondary N) is 1. The highest BCUT2D eigenvalue weighted by Crippen LogP contribution is 2.56. The molecule has 0 unspecified atom stereocenters. The van der Waals surface area contributed by atoms with Crippen LogP contribution in [0.1, 0.15) is 51.4 Å². The smallest absolute Gasteiger partial charge is 0.282 e. The van der Waals surface area contributed by atoms with Crippen LogP contribution in [0.4, 0.5) is 13.9 Å². The summed E-state index contributed by atoms with van der Waals surface area (Å²) in [5, 5.41) is 3.51. The van der Waals surface area contributed by atoms with Crippen LogP contribution in [0.3, 0.4) is 0 Å². The zero-order valence-corrected chi connectivity index (χ0v) is 18.3. The minimum atomic E-state index is -2.68. The van der Waals surface area contributed by atoms with Crippen molar-refractivity contribution in [3.63, 3.8) is 0 Å². The summed E-state index contributed by atoms with van der Waals surface area (Å²) in [4.78, 5) is 34.5. The lowest BCUT2D eigenvalue weighted by Gasteiger charge is -2.57. The number of carbonyl (C=O) groups excluding carboxylic acids is 2. The summed E-state index contributed by atoms with van der Waals surface area (Å²) >= 11 is 1.16. The Morgan fingerprint density at radius 2 is 2.00 bits per heavy atom. The van der Waals surface area contributed by atoms with Gasteiger partial charge < -0.3 is 20.7 Å². The Labute approximate surface area is 187 Å².